The Morgan fingerprint density at radius 2 is 2.12 bits per heavy atom. The van der Waals surface area contributed by atoms with E-state index >= 15 is 0 Å². The van der Waals surface area contributed by atoms with E-state index in [1.165, 1.54) is 11.6 Å². The van der Waals surface area contributed by atoms with E-state index in [1.807, 2.05) is 48.8 Å². The number of carbonyl (C=O) groups is 1. The van der Waals surface area contributed by atoms with E-state index in [2.05, 4.69) is 21.4 Å². The zero-order valence-electron chi connectivity index (χ0n) is 13.7. The molecule has 3 rings (SSSR count). The van der Waals surface area contributed by atoms with E-state index in [0.717, 1.165) is 27.0 Å². The van der Waals surface area contributed by atoms with E-state index in [-0.39, 0.29) is 5.91 Å². The Bertz CT molecular complexity index is 858. The van der Waals surface area contributed by atoms with Crippen LogP contribution in [0.15, 0.2) is 65.1 Å². The van der Waals surface area contributed by atoms with Gasteiger partial charge in [0.2, 0.25) is 5.91 Å². The highest BCUT2D eigenvalue weighted by molar-refractivity contribution is 7.98. The van der Waals surface area contributed by atoms with Gasteiger partial charge in [-0.15, -0.1) is 23.1 Å². The van der Waals surface area contributed by atoms with E-state index in [1.54, 1.807) is 35.4 Å². The molecule has 1 aromatic carbocycles. The number of aromatic nitrogens is 2. The number of hydrogen-bond acceptors (Lipinski definition) is 5. The van der Waals surface area contributed by atoms with Gasteiger partial charge in [0.25, 0.3) is 0 Å². The average Bonchev–Trinajstić information content (AvgIpc) is 3.06. The van der Waals surface area contributed by atoms with E-state index in [9.17, 15) is 4.79 Å². The molecule has 0 saturated heterocycles. The molecule has 0 unspecified atom stereocenters. The third-order valence-electron chi connectivity index (χ3n) is 3.29. The molecule has 0 radical (unpaired) electrons. The van der Waals surface area contributed by atoms with Gasteiger partial charge in [-0.2, -0.15) is 0 Å². The summed E-state index contributed by atoms with van der Waals surface area (Å²) in [5.41, 5.74) is 2.77. The predicted molar refractivity (Wildman–Crippen MR) is 105 cm³/mol. The maximum absolute atomic E-state index is 12.0. The Hall–Kier alpha value is -2.44. The van der Waals surface area contributed by atoms with Gasteiger partial charge in [-0.1, -0.05) is 6.07 Å². The van der Waals surface area contributed by atoms with Crippen molar-refractivity contribution in [2.45, 2.75) is 17.6 Å². The van der Waals surface area contributed by atoms with Crippen molar-refractivity contribution in [3.8, 4) is 0 Å². The summed E-state index contributed by atoms with van der Waals surface area (Å²) in [5, 5.41) is 5.76. The first-order chi connectivity index (χ1) is 12.2. The van der Waals surface area contributed by atoms with Crippen LogP contribution < -0.4 is 5.32 Å². The van der Waals surface area contributed by atoms with Crippen LogP contribution in [0.5, 0.6) is 0 Å². The minimum atomic E-state index is -0.165. The largest absolute Gasteiger partial charge is 0.323 e. The van der Waals surface area contributed by atoms with Gasteiger partial charge < -0.3 is 5.32 Å². The van der Waals surface area contributed by atoms with E-state index in [4.69, 9.17) is 0 Å². The molecule has 0 bridgehead atoms. The third kappa shape index (κ3) is 5.55. The number of rotatable bonds is 6. The van der Waals surface area contributed by atoms with Crippen LogP contribution in [-0.2, 0) is 10.5 Å². The number of thioether (sulfide) groups is 1. The van der Waals surface area contributed by atoms with Crippen molar-refractivity contribution in [1.82, 2.24) is 9.97 Å². The van der Waals surface area contributed by atoms with Crippen LogP contribution in [-0.4, -0.2) is 15.9 Å². The number of aryl methyl sites for hydroxylation is 1. The standard InChI is InChI=1S/C19H17N3OS2/c1-14-21-17(13-24-14)6-9-19(23)22-16-4-7-18(8-5-16)25-12-15-3-2-10-20-11-15/h2-11,13H,12H2,1H3,(H,22,23)/b9-6+. The molecule has 0 spiro atoms. The lowest BCUT2D eigenvalue weighted by molar-refractivity contribution is -0.111. The van der Waals surface area contributed by atoms with Crippen LogP contribution in [0.3, 0.4) is 0 Å². The molecule has 3 aromatic rings. The van der Waals surface area contributed by atoms with Gasteiger partial charge in [0.15, 0.2) is 0 Å². The molecule has 2 heterocycles. The number of amides is 1. The maximum Gasteiger partial charge on any atom is 0.248 e. The minimum absolute atomic E-state index is 0.165. The Balaban J connectivity index is 1.51. The Kier molecular flexibility index (Phi) is 5.98. The van der Waals surface area contributed by atoms with Crippen molar-refractivity contribution in [3.63, 3.8) is 0 Å². The van der Waals surface area contributed by atoms with Gasteiger partial charge in [0.05, 0.1) is 10.7 Å². The zero-order chi connectivity index (χ0) is 17.5. The molecule has 4 nitrogen and oxygen atoms in total. The molecular weight excluding hydrogens is 350 g/mol. The number of nitrogens with one attached hydrogen (secondary N) is 1. The molecule has 2 aromatic heterocycles. The van der Waals surface area contributed by atoms with Crippen molar-refractivity contribution in [2.75, 3.05) is 5.32 Å². The van der Waals surface area contributed by atoms with Crippen LogP contribution in [0, 0.1) is 6.92 Å². The molecule has 1 amide bonds. The summed E-state index contributed by atoms with van der Waals surface area (Å²) in [4.78, 5) is 21.5. The maximum atomic E-state index is 12.0. The summed E-state index contributed by atoms with van der Waals surface area (Å²) in [6.45, 7) is 1.94. The molecule has 0 aliphatic heterocycles. The number of carbonyl (C=O) groups excluding carboxylic acids is 1. The highest BCUT2D eigenvalue weighted by Crippen LogP contribution is 2.24. The van der Waals surface area contributed by atoms with Crippen LogP contribution in [0.25, 0.3) is 6.08 Å². The molecule has 0 fully saturated rings. The number of hydrogen-bond donors (Lipinski definition) is 1. The van der Waals surface area contributed by atoms with Crippen LogP contribution in [0.4, 0.5) is 5.69 Å². The lowest BCUT2D eigenvalue weighted by atomic mass is 10.3. The van der Waals surface area contributed by atoms with Crippen LogP contribution >= 0.6 is 23.1 Å². The summed E-state index contributed by atoms with van der Waals surface area (Å²) in [5.74, 6) is 0.705. The van der Waals surface area contributed by atoms with Gasteiger partial charge in [0.1, 0.15) is 0 Å². The average molecular weight is 367 g/mol. The van der Waals surface area contributed by atoms with Crippen molar-refractivity contribution in [3.05, 3.63) is 76.5 Å². The summed E-state index contributed by atoms with van der Waals surface area (Å²) in [6.07, 6.45) is 6.87. The van der Waals surface area contributed by atoms with Crippen LogP contribution in [0.2, 0.25) is 0 Å². The topological polar surface area (TPSA) is 54.9 Å². The summed E-state index contributed by atoms with van der Waals surface area (Å²) in [6, 6.07) is 11.8. The van der Waals surface area contributed by atoms with Gasteiger partial charge in [0, 0.05) is 40.2 Å². The molecule has 0 aliphatic carbocycles. The second-order valence-electron chi connectivity index (χ2n) is 5.29. The van der Waals surface area contributed by atoms with Crippen molar-refractivity contribution in [2.24, 2.45) is 0 Å². The van der Waals surface area contributed by atoms with Gasteiger partial charge in [-0.05, 0) is 48.9 Å². The number of anilines is 1. The SMILES string of the molecule is Cc1nc(/C=C/C(=O)Nc2ccc(SCc3cccnc3)cc2)cs1. The van der Waals surface area contributed by atoms with Gasteiger partial charge in [-0.3, -0.25) is 9.78 Å². The monoisotopic (exact) mass is 367 g/mol. The Morgan fingerprint density at radius 1 is 1.28 bits per heavy atom. The summed E-state index contributed by atoms with van der Waals surface area (Å²) in [7, 11) is 0. The quantitative estimate of drug-likeness (QED) is 0.503. The minimum Gasteiger partial charge on any atom is -0.323 e. The number of nitrogens with zero attached hydrogens (tertiary/aromatic N) is 2. The summed E-state index contributed by atoms with van der Waals surface area (Å²) >= 11 is 3.30. The molecule has 0 saturated carbocycles. The van der Waals surface area contributed by atoms with Gasteiger partial charge >= 0.3 is 0 Å². The Morgan fingerprint density at radius 3 is 2.80 bits per heavy atom. The molecule has 0 atom stereocenters. The second-order valence-corrected chi connectivity index (χ2v) is 7.40. The van der Waals surface area contributed by atoms with E-state index < -0.39 is 0 Å². The first kappa shape index (κ1) is 17.4. The fourth-order valence-electron chi connectivity index (χ4n) is 2.09. The molecule has 126 valence electrons. The molecule has 25 heavy (non-hydrogen) atoms. The lowest BCUT2D eigenvalue weighted by Crippen LogP contribution is -2.07. The third-order valence-corrected chi connectivity index (χ3v) is 5.17. The highest BCUT2D eigenvalue weighted by atomic mass is 32.2. The second kappa shape index (κ2) is 8.60. The first-order valence-corrected chi connectivity index (χ1v) is 9.58. The fraction of sp³-hybridized carbons (Fsp3) is 0.105. The molecular formula is C19H17N3OS2. The Labute approximate surface area is 155 Å². The number of benzene rings is 1. The molecule has 1 N–H and O–H groups in total. The predicted octanol–water partition coefficient (Wildman–Crippen LogP) is 4.79. The molecule has 0 aliphatic rings. The van der Waals surface area contributed by atoms with Crippen molar-refractivity contribution >= 4 is 40.8 Å². The molecule has 6 heteroatoms. The smallest absolute Gasteiger partial charge is 0.248 e. The first-order valence-electron chi connectivity index (χ1n) is 7.72. The summed E-state index contributed by atoms with van der Waals surface area (Å²) < 4.78 is 0. The van der Waals surface area contributed by atoms with Crippen LogP contribution in [0.1, 0.15) is 16.3 Å². The number of thiazole rings is 1. The highest BCUT2D eigenvalue weighted by Gasteiger charge is 2.01. The van der Waals surface area contributed by atoms with Gasteiger partial charge in [-0.25, -0.2) is 4.98 Å². The van der Waals surface area contributed by atoms with Crippen molar-refractivity contribution < 1.29 is 4.79 Å². The normalized spacial score (nSPS) is 10.9. The van der Waals surface area contributed by atoms with E-state index in [0.29, 0.717) is 0 Å². The van der Waals surface area contributed by atoms with Crippen molar-refractivity contribution in [1.29, 1.82) is 0 Å². The fourth-order valence-corrected chi connectivity index (χ4v) is 3.50. The lowest BCUT2D eigenvalue weighted by Gasteiger charge is -2.05. The number of pyridine rings is 1. The zero-order valence-corrected chi connectivity index (χ0v) is 15.3.